The molecule has 108 valence electrons. The molecule has 0 unspecified atom stereocenters. The second kappa shape index (κ2) is 13.2. The lowest BCUT2D eigenvalue weighted by atomic mass is 10.2. The van der Waals surface area contributed by atoms with Gasteiger partial charge in [-0.05, 0) is 25.0 Å². The summed E-state index contributed by atoms with van der Waals surface area (Å²) in [5.41, 5.74) is 0. The van der Waals surface area contributed by atoms with E-state index in [-0.39, 0.29) is 25.2 Å². The molecule has 0 aliphatic carbocycles. The van der Waals surface area contributed by atoms with E-state index in [1.165, 1.54) is 0 Å². The second-order valence-corrected chi connectivity index (χ2v) is 3.95. The van der Waals surface area contributed by atoms with Gasteiger partial charge in [0.1, 0.15) is 13.2 Å². The van der Waals surface area contributed by atoms with Gasteiger partial charge in [0.15, 0.2) is 0 Å². The Morgan fingerprint density at radius 2 is 1.25 bits per heavy atom. The predicted molar refractivity (Wildman–Crippen MR) is 76.4 cm³/mol. The quantitative estimate of drug-likeness (QED) is 0.266. The molecule has 0 spiro atoms. The van der Waals surface area contributed by atoms with Crippen molar-refractivity contribution < 1.29 is 19.1 Å². The monoisotopic (exact) mass is 276 g/mol. The molecule has 0 atom stereocenters. The number of carbonyl (C=O) groups excluding carboxylic acids is 2. The summed E-state index contributed by atoms with van der Waals surface area (Å²) in [5.74, 6) is 4.35. The van der Waals surface area contributed by atoms with Gasteiger partial charge in [-0.3, -0.25) is 9.59 Å². The van der Waals surface area contributed by atoms with Crippen LogP contribution < -0.4 is 0 Å². The number of ether oxygens (including phenoxy) is 2. The Kier molecular flexibility index (Phi) is 11.8. The molecule has 0 saturated carbocycles. The molecule has 0 aromatic rings. The van der Waals surface area contributed by atoms with Gasteiger partial charge in [-0.15, -0.1) is 24.7 Å². The average molecular weight is 276 g/mol. The number of hydrogen-bond acceptors (Lipinski definition) is 4. The minimum Gasteiger partial charge on any atom is -0.461 e. The van der Waals surface area contributed by atoms with Crippen molar-refractivity contribution in [1.82, 2.24) is 0 Å². The smallest absolute Gasteiger partial charge is 0.306 e. The molecule has 20 heavy (non-hydrogen) atoms. The maximum atomic E-state index is 11.2. The van der Waals surface area contributed by atoms with Gasteiger partial charge in [-0.2, -0.15) is 0 Å². The lowest BCUT2D eigenvalue weighted by Crippen LogP contribution is -2.05. The number of unbranched alkanes of at least 4 members (excludes halogenated alkanes) is 2. The highest BCUT2D eigenvalue weighted by molar-refractivity contribution is 5.69. The Hall–Kier alpha value is -2.20. The Labute approximate surface area is 120 Å². The fourth-order valence-electron chi connectivity index (χ4n) is 1.23. The van der Waals surface area contributed by atoms with Crippen molar-refractivity contribution in [3.05, 3.63) is 12.2 Å². The fraction of sp³-hybridized carbons (Fsp3) is 0.500. The van der Waals surface area contributed by atoms with Crippen LogP contribution in [0.15, 0.2) is 12.2 Å². The van der Waals surface area contributed by atoms with Crippen LogP contribution in [0, 0.1) is 24.7 Å². The Balaban J connectivity index is 3.48. The van der Waals surface area contributed by atoms with Crippen LogP contribution in [-0.4, -0.2) is 25.2 Å². The van der Waals surface area contributed by atoms with Gasteiger partial charge >= 0.3 is 11.9 Å². The minimum atomic E-state index is -0.281. The highest BCUT2D eigenvalue weighted by Gasteiger charge is 2.01. The van der Waals surface area contributed by atoms with Crippen molar-refractivity contribution in [3.8, 4) is 24.7 Å². The molecule has 0 aliphatic heterocycles. The van der Waals surface area contributed by atoms with Gasteiger partial charge < -0.3 is 9.47 Å². The predicted octanol–water partition coefficient (Wildman–Crippen LogP) is 2.24. The van der Waals surface area contributed by atoms with Crippen LogP contribution in [0.5, 0.6) is 0 Å². The minimum absolute atomic E-state index is 0.170. The first-order valence-electron chi connectivity index (χ1n) is 6.54. The van der Waals surface area contributed by atoms with Crippen molar-refractivity contribution >= 4 is 11.9 Å². The largest absolute Gasteiger partial charge is 0.461 e. The molecule has 0 rings (SSSR count). The summed E-state index contributed by atoms with van der Waals surface area (Å²) in [4.78, 5) is 22.4. The van der Waals surface area contributed by atoms with E-state index in [1.807, 2.05) is 0 Å². The van der Waals surface area contributed by atoms with Crippen molar-refractivity contribution in [2.45, 2.75) is 38.5 Å². The zero-order valence-electron chi connectivity index (χ0n) is 11.6. The van der Waals surface area contributed by atoms with Crippen LogP contribution in [-0.2, 0) is 19.1 Å². The summed E-state index contributed by atoms with van der Waals surface area (Å²) < 4.78 is 9.84. The maximum Gasteiger partial charge on any atom is 0.306 e. The van der Waals surface area contributed by atoms with Crippen molar-refractivity contribution in [2.24, 2.45) is 0 Å². The van der Waals surface area contributed by atoms with Gasteiger partial charge in [0, 0.05) is 25.7 Å². The molecular weight excluding hydrogens is 256 g/mol. The SMILES string of the molecule is C#CCCCC(=O)OCC=CCOC(=O)CCCC#C. The molecule has 0 heterocycles. The molecular formula is C16H20O4. The van der Waals surface area contributed by atoms with Gasteiger partial charge in [-0.25, -0.2) is 0 Å². The lowest BCUT2D eigenvalue weighted by molar-refractivity contribution is -0.143. The van der Waals surface area contributed by atoms with E-state index in [4.69, 9.17) is 22.3 Å². The first kappa shape index (κ1) is 17.8. The topological polar surface area (TPSA) is 52.6 Å². The Morgan fingerprint density at radius 3 is 1.60 bits per heavy atom. The molecule has 0 aromatic carbocycles. The molecule has 0 amide bonds. The van der Waals surface area contributed by atoms with E-state index in [0.29, 0.717) is 38.5 Å². The molecule has 0 aromatic heterocycles. The van der Waals surface area contributed by atoms with Crippen LogP contribution in [0.25, 0.3) is 0 Å². The maximum absolute atomic E-state index is 11.2. The number of rotatable bonds is 10. The first-order valence-corrected chi connectivity index (χ1v) is 6.54. The number of hydrogen-bond donors (Lipinski definition) is 0. The van der Waals surface area contributed by atoms with Gasteiger partial charge in [0.25, 0.3) is 0 Å². The Bertz CT molecular complexity index is 358. The summed E-state index contributed by atoms with van der Waals surface area (Å²) in [6.07, 6.45) is 16.5. The number of esters is 2. The molecule has 0 saturated heterocycles. The summed E-state index contributed by atoms with van der Waals surface area (Å²) >= 11 is 0. The van der Waals surface area contributed by atoms with Crippen LogP contribution in [0.3, 0.4) is 0 Å². The van der Waals surface area contributed by atoms with E-state index in [2.05, 4.69) is 11.8 Å². The average Bonchev–Trinajstić information content (AvgIpc) is 2.43. The number of carbonyl (C=O) groups is 2. The summed E-state index contributed by atoms with van der Waals surface area (Å²) in [7, 11) is 0. The molecule has 4 nitrogen and oxygen atoms in total. The normalized spacial score (nSPS) is 9.70. The zero-order chi connectivity index (χ0) is 15.1. The number of terminal acetylenes is 2. The highest BCUT2D eigenvalue weighted by Crippen LogP contribution is 1.97. The molecule has 4 heteroatoms. The van der Waals surface area contributed by atoms with Gasteiger partial charge in [0.2, 0.25) is 0 Å². The zero-order valence-corrected chi connectivity index (χ0v) is 11.6. The third-order valence-corrected chi connectivity index (χ3v) is 2.25. The standard InChI is InChI=1S/C16H20O4/c1-3-5-7-11-15(17)19-13-9-10-14-20-16(18)12-8-6-4-2/h1-2,9-10H,5-8,11-14H2. The molecule has 0 aliphatic rings. The van der Waals surface area contributed by atoms with E-state index >= 15 is 0 Å². The van der Waals surface area contributed by atoms with E-state index in [1.54, 1.807) is 12.2 Å². The second-order valence-electron chi connectivity index (χ2n) is 3.95. The highest BCUT2D eigenvalue weighted by atomic mass is 16.5. The van der Waals surface area contributed by atoms with Crippen LogP contribution >= 0.6 is 0 Å². The molecule has 0 N–H and O–H groups in total. The van der Waals surface area contributed by atoms with Crippen LogP contribution in [0.2, 0.25) is 0 Å². The van der Waals surface area contributed by atoms with Crippen molar-refractivity contribution in [3.63, 3.8) is 0 Å². The van der Waals surface area contributed by atoms with Crippen LogP contribution in [0.4, 0.5) is 0 Å². The summed E-state index contributed by atoms with van der Waals surface area (Å²) in [6.45, 7) is 0.340. The van der Waals surface area contributed by atoms with E-state index in [9.17, 15) is 9.59 Å². The first-order chi connectivity index (χ1) is 9.70. The Morgan fingerprint density at radius 1 is 0.850 bits per heavy atom. The van der Waals surface area contributed by atoms with E-state index in [0.717, 1.165) is 0 Å². The van der Waals surface area contributed by atoms with Gasteiger partial charge in [0.05, 0.1) is 0 Å². The molecule has 0 fully saturated rings. The van der Waals surface area contributed by atoms with E-state index < -0.39 is 0 Å². The lowest BCUT2D eigenvalue weighted by Gasteiger charge is -2.01. The third kappa shape index (κ3) is 12.3. The van der Waals surface area contributed by atoms with Crippen LogP contribution in [0.1, 0.15) is 38.5 Å². The van der Waals surface area contributed by atoms with Gasteiger partial charge in [-0.1, -0.05) is 0 Å². The third-order valence-electron chi connectivity index (χ3n) is 2.25. The van der Waals surface area contributed by atoms with Crippen molar-refractivity contribution in [2.75, 3.05) is 13.2 Å². The summed E-state index contributed by atoms with van der Waals surface area (Å²) in [5, 5.41) is 0. The molecule has 0 bridgehead atoms. The fourth-order valence-corrected chi connectivity index (χ4v) is 1.23. The summed E-state index contributed by atoms with van der Waals surface area (Å²) in [6, 6.07) is 0. The molecule has 0 radical (unpaired) electrons. The van der Waals surface area contributed by atoms with Crippen molar-refractivity contribution in [1.29, 1.82) is 0 Å².